The van der Waals surface area contributed by atoms with Gasteiger partial charge in [0.2, 0.25) is 0 Å². The number of nitrogens with zero attached hydrogens (tertiary/aromatic N) is 1. The first-order valence-electron chi connectivity index (χ1n) is 12.5. The number of aromatic nitrogens is 1. The Morgan fingerprint density at radius 2 is 1.59 bits per heavy atom. The number of hydrogen-bond donors (Lipinski definition) is 0. The molecule has 4 heteroatoms. The molecule has 32 heavy (non-hydrogen) atoms. The fraction of sp³-hybridized carbons (Fsp3) is 0.571. The molecule has 0 saturated heterocycles. The standard InChI is InChI=1S/C28H40FNO2/c1-4-6-7-8-9-10-11-12-13-14-15-23-16-18-26(30-21-23)24-17-19-27(25(29)20-24)32-28(31)22(3)5-2/h16-22H,4-15H2,1-3H3. The van der Waals surface area contributed by atoms with E-state index in [-0.39, 0.29) is 11.7 Å². The Morgan fingerprint density at radius 1 is 0.938 bits per heavy atom. The third-order valence-electron chi connectivity index (χ3n) is 6.10. The van der Waals surface area contributed by atoms with Crippen molar-refractivity contribution in [3.63, 3.8) is 0 Å². The molecule has 0 radical (unpaired) electrons. The molecule has 0 fully saturated rings. The van der Waals surface area contributed by atoms with E-state index < -0.39 is 11.8 Å². The summed E-state index contributed by atoms with van der Waals surface area (Å²) in [6.45, 7) is 5.93. The van der Waals surface area contributed by atoms with Crippen LogP contribution in [0.2, 0.25) is 0 Å². The molecular formula is C28H40FNO2. The van der Waals surface area contributed by atoms with Crippen LogP contribution >= 0.6 is 0 Å². The molecule has 0 spiro atoms. The number of carbonyl (C=O) groups is 1. The highest BCUT2D eigenvalue weighted by Gasteiger charge is 2.16. The third kappa shape index (κ3) is 9.10. The summed E-state index contributed by atoms with van der Waals surface area (Å²) >= 11 is 0. The molecule has 1 atom stereocenters. The molecule has 1 aromatic heterocycles. The topological polar surface area (TPSA) is 39.2 Å². The SMILES string of the molecule is CCCCCCCCCCCCc1ccc(-c2ccc(OC(=O)C(C)CC)c(F)c2)nc1. The molecule has 0 saturated carbocycles. The van der Waals surface area contributed by atoms with Gasteiger partial charge in [-0.2, -0.15) is 0 Å². The van der Waals surface area contributed by atoms with Crippen LogP contribution in [-0.4, -0.2) is 11.0 Å². The second kappa shape index (κ2) is 14.8. The summed E-state index contributed by atoms with van der Waals surface area (Å²) in [7, 11) is 0. The van der Waals surface area contributed by atoms with Crippen LogP contribution < -0.4 is 4.74 Å². The molecule has 0 bridgehead atoms. The molecule has 2 aromatic rings. The van der Waals surface area contributed by atoms with E-state index in [4.69, 9.17) is 4.74 Å². The number of esters is 1. The summed E-state index contributed by atoms with van der Waals surface area (Å²) < 4.78 is 19.6. The average molecular weight is 442 g/mol. The molecule has 0 aliphatic carbocycles. The van der Waals surface area contributed by atoms with Gasteiger partial charge in [-0.15, -0.1) is 0 Å². The Kier molecular flexibility index (Phi) is 12.0. The van der Waals surface area contributed by atoms with Crippen LogP contribution in [0.25, 0.3) is 11.3 Å². The summed E-state index contributed by atoms with van der Waals surface area (Å²) in [6, 6.07) is 8.64. The second-order valence-electron chi connectivity index (χ2n) is 8.86. The van der Waals surface area contributed by atoms with Crippen molar-refractivity contribution in [2.24, 2.45) is 5.92 Å². The van der Waals surface area contributed by atoms with Crippen LogP contribution in [-0.2, 0) is 11.2 Å². The average Bonchev–Trinajstić information content (AvgIpc) is 2.81. The summed E-state index contributed by atoms with van der Waals surface area (Å²) in [6.07, 6.45) is 16.9. The van der Waals surface area contributed by atoms with Crippen molar-refractivity contribution < 1.29 is 13.9 Å². The van der Waals surface area contributed by atoms with Gasteiger partial charge in [0.15, 0.2) is 11.6 Å². The highest BCUT2D eigenvalue weighted by molar-refractivity contribution is 5.75. The summed E-state index contributed by atoms with van der Waals surface area (Å²) in [5.74, 6) is -1.24. The van der Waals surface area contributed by atoms with E-state index in [0.717, 1.165) is 12.1 Å². The van der Waals surface area contributed by atoms with E-state index in [1.165, 1.54) is 81.9 Å². The minimum absolute atomic E-state index is 0.0309. The van der Waals surface area contributed by atoms with E-state index in [1.54, 1.807) is 13.0 Å². The predicted octanol–water partition coefficient (Wildman–Crippen LogP) is 8.30. The summed E-state index contributed by atoms with van der Waals surface area (Å²) in [4.78, 5) is 16.4. The van der Waals surface area contributed by atoms with Gasteiger partial charge in [-0.1, -0.05) is 84.6 Å². The predicted molar refractivity (Wildman–Crippen MR) is 130 cm³/mol. The highest BCUT2D eigenvalue weighted by Crippen LogP contribution is 2.25. The number of benzene rings is 1. The Hall–Kier alpha value is -2.23. The number of hydrogen-bond acceptors (Lipinski definition) is 3. The van der Waals surface area contributed by atoms with Crippen LogP contribution in [0.5, 0.6) is 5.75 Å². The van der Waals surface area contributed by atoms with E-state index in [0.29, 0.717) is 12.0 Å². The van der Waals surface area contributed by atoms with E-state index in [2.05, 4.69) is 18.0 Å². The second-order valence-corrected chi connectivity index (χ2v) is 8.86. The van der Waals surface area contributed by atoms with Crippen LogP contribution in [0.1, 0.15) is 97.0 Å². The molecule has 0 amide bonds. The Labute approximate surface area is 193 Å². The Bertz CT molecular complexity index is 804. The molecule has 0 aliphatic rings. The number of halogens is 1. The lowest BCUT2D eigenvalue weighted by atomic mass is 10.0. The number of carbonyl (C=O) groups excluding carboxylic acids is 1. The van der Waals surface area contributed by atoms with Gasteiger partial charge < -0.3 is 4.74 Å². The number of rotatable bonds is 15. The van der Waals surface area contributed by atoms with Gasteiger partial charge in [0.05, 0.1) is 11.6 Å². The lowest BCUT2D eigenvalue weighted by molar-refractivity contribution is -0.138. The van der Waals surface area contributed by atoms with Gasteiger partial charge in [-0.25, -0.2) is 4.39 Å². The maximum absolute atomic E-state index is 14.4. The van der Waals surface area contributed by atoms with Crippen LogP contribution in [0.15, 0.2) is 36.5 Å². The van der Waals surface area contributed by atoms with Gasteiger partial charge in [-0.05, 0) is 49.1 Å². The maximum Gasteiger partial charge on any atom is 0.314 e. The first-order chi connectivity index (χ1) is 15.5. The molecule has 176 valence electrons. The maximum atomic E-state index is 14.4. The molecule has 1 aromatic carbocycles. The molecule has 3 nitrogen and oxygen atoms in total. The number of unbranched alkanes of at least 4 members (excludes halogenated alkanes) is 9. The lowest BCUT2D eigenvalue weighted by Gasteiger charge is -2.10. The zero-order valence-electron chi connectivity index (χ0n) is 20.2. The van der Waals surface area contributed by atoms with Gasteiger partial charge in [0.25, 0.3) is 0 Å². The first-order valence-corrected chi connectivity index (χ1v) is 12.5. The lowest BCUT2D eigenvalue weighted by Crippen LogP contribution is -2.17. The normalized spacial score (nSPS) is 12.0. The molecule has 0 N–H and O–H groups in total. The van der Waals surface area contributed by atoms with Crippen molar-refractivity contribution in [2.75, 3.05) is 0 Å². The Morgan fingerprint density at radius 3 is 2.16 bits per heavy atom. The van der Waals surface area contributed by atoms with Gasteiger partial charge in [0.1, 0.15) is 0 Å². The molecule has 1 heterocycles. The number of ether oxygens (including phenoxy) is 1. The molecular weight excluding hydrogens is 401 g/mol. The van der Waals surface area contributed by atoms with Gasteiger partial charge >= 0.3 is 5.97 Å². The molecule has 1 unspecified atom stereocenters. The van der Waals surface area contributed by atoms with Crippen molar-refractivity contribution in [1.82, 2.24) is 4.98 Å². The van der Waals surface area contributed by atoms with Crippen molar-refractivity contribution in [2.45, 2.75) is 97.8 Å². The Balaban J connectivity index is 1.74. The van der Waals surface area contributed by atoms with Crippen LogP contribution in [0.3, 0.4) is 0 Å². The van der Waals surface area contributed by atoms with Gasteiger partial charge in [-0.3, -0.25) is 9.78 Å². The van der Waals surface area contributed by atoms with Gasteiger partial charge in [0, 0.05) is 11.8 Å². The van der Waals surface area contributed by atoms with Crippen molar-refractivity contribution in [3.8, 4) is 17.0 Å². The highest BCUT2D eigenvalue weighted by atomic mass is 19.1. The van der Waals surface area contributed by atoms with Crippen LogP contribution in [0, 0.1) is 11.7 Å². The van der Waals surface area contributed by atoms with E-state index in [1.807, 2.05) is 19.2 Å². The van der Waals surface area contributed by atoms with E-state index in [9.17, 15) is 9.18 Å². The number of pyridine rings is 1. The fourth-order valence-electron chi connectivity index (χ4n) is 3.68. The largest absolute Gasteiger partial charge is 0.423 e. The fourth-order valence-corrected chi connectivity index (χ4v) is 3.68. The third-order valence-corrected chi connectivity index (χ3v) is 6.10. The molecule has 0 aliphatic heterocycles. The van der Waals surface area contributed by atoms with Crippen molar-refractivity contribution >= 4 is 5.97 Å². The van der Waals surface area contributed by atoms with Crippen molar-refractivity contribution in [1.29, 1.82) is 0 Å². The summed E-state index contributed by atoms with van der Waals surface area (Å²) in [5.41, 5.74) is 2.61. The monoisotopic (exact) mass is 441 g/mol. The quantitative estimate of drug-likeness (QED) is 0.158. The van der Waals surface area contributed by atoms with E-state index >= 15 is 0 Å². The number of aryl methyl sites for hydroxylation is 1. The van der Waals surface area contributed by atoms with Crippen LogP contribution in [0.4, 0.5) is 4.39 Å². The minimum Gasteiger partial charge on any atom is -0.423 e. The zero-order valence-corrected chi connectivity index (χ0v) is 20.2. The minimum atomic E-state index is -0.546. The smallest absolute Gasteiger partial charge is 0.314 e. The van der Waals surface area contributed by atoms with Crippen molar-refractivity contribution in [3.05, 3.63) is 47.9 Å². The molecule has 2 rings (SSSR count). The summed E-state index contributed by atoms with van der Waals surface area (Å²) in [5, 5.41) is 0. The first kappa shape index (κ1) is 26.0. The zero-order chi connectivity index (χ0) is 23.2.